The van der Waals surface area contributed by atoms with Gasteiger partial charge in [0.25, 0.3) is 5.91 Å². The maximum atomic E-state index is 13.1. The maximum absolute atomic E-state index is 13.1. The number of para-hydroxylation sites is 1. The first-order chi connectivity index (χ1) is 16.1. The van der Waals surface area contributed by atoms with Crippen LogP contribution in [-0.4, -0.2) is 51.7 Å². The molecule has 4 aromatic rings. The highest BCUT2D eigenvalue weighted by Crippen LogP contribution is 2.26. The van der Waals surface area contributed by atoms with Crippen molar-refractivity contribution >= 4 is 17.7 Å². The Morgan fingerprint density at radius 3 is 2.36 bits per heavy atom. The Kier molecular flexibility index (Phi) is 7.49. The molecule has 0 bridgehead atoms. The molecule has 0 fully saturated rings. The number of benzene rings is 3. The SMILES string of the molecule is CN(C)C(CNC(=O)c1ccccc1SCc1nnnn1-c1ccccc1)c1ccccc1. The van der Waals surface area contributed by atoms with Crippen molar-refractivity contribution in [2.45, 2.75) is 16.7 Å². The average molecular weight is 459 g/mol. The van der Waals surface area contributed by atoms with E-state index in [2.05, 4.69) is 37.9 Å². The van der Waals surface area contributed by atoms with Gasteiger partial charge in [0.05, 0.1) is 23.0 Å². The van der Waals surface area contributed by atoms with Gasteiger partial charge in [-0.15, -0.1) is 16.9 Å². The number of rotatable bonds is 9. The summed E-state index contributed by atoms with van der Waals surface area (Å²) in [6.45, 7) is 0.515. The van der Waals surface area contributed by atoms with Gasteiger partial charge in [0.2, 0.25) is 0 Å². The lowest BCUT2D eigenvalue weighted by Gasteiger charge is -2.25. The van der Waals surface area contributed by atoms with Crippen LogP contribution in [0.2, 0.25) is 0 Å². The molecule has 1 atom stereocenters. The van der Waals surface area contributed by atoms with Gasteiger partial charge in [0, 0.05) is 11.4 Å². The topological polar surface area (TPSA) is 75.9 Å². The summed E-state index contributed by atoms with van der Waals surface area (Å²) in [4.78, 5) is 16.1. The number of hydrogen-bond donors (Lipinski definition) is 1. The number of nitrogens with zero attached hydrogens (tertiary/aromatic N) is 5. The highest BCUT2D eigenvalue weighted by molar-refractivity contribution is 7.98. The number of tetrazole rings is 1. The molecule has 8 heteroatoms. The van der Waals surface area contributed by atoms with Gasteiger partial charge < -0.3 is 10.2 Å². The molecule has 1 N–H and O–H groups in total. The average Bonchev–Trinajstić information content (AvgIpc) is 3.33. The van der Waals surface area contributed by atoms with E-state index in [0.717, 1.165) is 16.4 Å². The lowest BCUT2D eigenvalue weighted by atomic mass is 10.1. The van der Waals surface area contributed by atoms with Gasteiger partial charge in [-0.25, -0.2) is 0 Å². The first kappa shape index (κ1) is 22.7. The van der Waals surface area contributed by atoms with Gasteiger partial charge in [0.1, 0.15) is 0 Å². The normalized spacial score (nSPS) is 12.0. The van der Waals surface area contributed by atoms with E-state index in [1.54, 1.807) is 16.4 Å². The molecule has 1 aromatic heterocycles. The third-order valence-corrected chi connectivity index (χ3v) is 6.36. The van der Waals surface area contributed by atoms with Gasteiger partial charge in [0.15, 0.2) is 5.82 Å². The van der Waals surface area contributed by atoms with Crippen molar-refractivity contribution in [2.24, 2.45) is 0 Å². The van der Waals surface area contributed by atoms with Crippen molar-refractivity contribution in [1.29, 1.82) is 0 Å². The Hall–Kier alpha value is -3.49. The van der Waals surface area contributed by atoms with Crippen LogP contribution in [0.15, 0.2) is 89.8 Å². The van der Waals surface area contributed by atoms with Crippen LogP contribution in [0.25, 0.3) is 5.69 Å². The summed E-state index contributed by atoms with van der Waals surface area (Å²) in [5, 5.41) is 15.2. The van der Waals surface area contributed by atoms with Crippen LogP contribution in [0.4, 0.5) is 0 Å². The molecular weight excluding hydrogens is 432 g/mol. The van der Waals surface area contributed by atoms with Crippen LogP contribution in [0.5, 0.6) is 0 Å². The summed E-state index contributed by atoms with van der Waals surface area (Å²) in [6, 6.07) is 27.7. The fraction of sp³-hybridized carbons (Fsp3) is 0.200. The summed E-state index contributed by atoms with van der Waals surface area (Å²) < 4.78 is 1.72. The van der Waals surface area contributed by atoms with E-state index < -0.39 is 0 Å². The summed E-state index contributed by atoms with van der Waals surface area (Å²) in [6.07, 6.45) is 0. The lowest BCUT2D eigenvalue weighted by Crippen LogP contribution is -2.34. The predicted molar refractivity (Wildman–Crippen MR) is 130 cm³/mol. The summed E-state index contributed by atoms with van der Waals surface area (Å²) >= 11 is 1.54. The first-order valence-corrected chi connectivity index (χ1v) is 11.7. The highest BCUT2D eigenvalue weighted by atomic mass is 32.2. The molecule has 0 radical (unpaired) electrons. The molecule has 1 unspecified atom stereocenters. The van der Waals surface area contributed by atoms with Crippen molar-refractivity contribution in [1.82, 2.24) is 30.4 Å². The maximum Gasteiger partial charge on any atom is 0.252 e. The Bertz CT molecular complexity index is 1180. The minimum absolute atomic E-state index is 0.0884. The van der Waals surface area contributed by atoms with Crippen LogP contribution < -0.4 is 5.32 Å². The van der Waals surface area contributed by atoms with Crippen LogP contribution in [0.1, 0.15) is 27.8 Å². The number of aromatic nitrogens is 4. The molecular formula is C25H26N6OS. The van der Waals surface area contributed by atoms with E-state index in [4.69, 9.17) is 0 Å². The predicted octanol–water partition coefficient (Wildman–Crippen LogP) is 3.99. The number of thioether (sulfide) groups is 1. The van der Waals surface area contributed by atoms with E-state index in [9.17, 15) is 4.79 Å². The second-order valence-electron chi connectivity index (χ2n) is 7.73. The zero-order chi connectivity index (χ0) is 23.0. The minimum Gasteiger partial charge on any atom is -0.350 e. The smallest absolute Gasteiger partial charge is 0.252 e. The Balaban J connectivity index is 1.45. The van der Waals surface area contributed by atoms with Gasteiger partial charge in [-0.3, -0.25) is 4.79 Å². The zero-order valence-corrected chi connectivity index (χ0v) is 19.4. The molecule has 1 heterocycles. The molecule has 168 valence electrons. The standard InChI is InChI=1S/C25H26N6OS/c1-30(2)22(19-11-5-3-6-12-19)17-26-25(32)21-15-9-10-16-23(21)33-18-24-27-28-29-31(24)20-13-7-4-8-14-20/h3-16,22H,17-18H2,1-2H3,(H,26,32). The van der Waals surface area contributed by atoms with Crippen molar-refractivity contribution in [3.63, 3.8) is 0 Å². The van der Waals surface area contributed by atoms with E-state index >= 15 is 0 Å². The van der Waals surface area contributed by atoms with E-state index in [-0.39, 0.29) is 11.9 Å². The van der Waals surface area contributed by atoms with Crippen molar-refractivity contribution in [2.75, 3.05) is 20.6 Å². The van der Waals surface area contributed by atoms with Crippen LogP contribution >= 0.6 is 11.8 Å². The third-order valence-electron chi connectivity index (χ3n) is 5.29. The molecule has 0 spiro atoms. The second-order valence-corrected chi connectivity index (χ2v) is 8.74. The van der Waals surface area contributed by atoms with E-state index in [1.165, 1.54) is 5.56 Å². The Morgan fingerprint density at radius 1 is 0.970 bits per heavy atom. The third kappa shape index (κ3) is 5.66. The van der Waals surface area contributed by atoms with Gasteiger partial charge in [-0.05, 0) is 54.4 Å². The summed E-state index contributed by atoms with van der Waals surface area (Å²) in [5.74, 6) is 1.16. The first-order valence-electron chi connectivity index (χ1n) is 10.7. The quantitative estimate of drug-likeness (QED) is 0.382. The second kappa shape index (κ2) is 10.9. The lowest BCUT2D eigenvalue weighted by molar-refractivity contribution is 0.0939. The summed E-state index contributed by atoms with van der Waals surface area (Å²) in [5.41, 5.74) is 2.71. The number of nitrogens with one attached hydrogen (secondary N) is 1. The van der Waals surface area contributed by atoms with Crippen LogP contribution in [0.3, 0.4) is 0 Å². The zero-order valence-electron chi connectivity index (χ0n) is 18.6. The van der Waals surface area contributed by atoms with Crippen LogP contribution in [0, 0.1) is 0 Å². The van der Waals surface area contributed by atoms with Crippen molar-refractivity contribution in [3.05, 3.63) is 102 Å². The molecule has 4 rings (SSSR count). The minimum atomic E-state index is -0.0940. The number of amides is 1. The van der Waals surface area contributed by atoms with Gasteiger partial charge in [-0.1, -0.05) is 60.7 Å². The van der Waals surface area contributed by atoms with E-state index in [1.807, 2.05) is 86.9 Å². The summed E-state index contributed by atoms with van der Waals surface area (Å²) in [7, 11) is 4.04. The fourth-order valence-electron chi connectivity index (χ4n) is 3.55. The van der Waals surface area contributed by atoms with Crippen molar-refractivity contribution in [3.8, 4) is 5.69 Å². The Morgan fingerprint density at radius 2 is 1.64 bits per heavy atom. The molecule has 1 amide bonds. The molecule has 0 aliphatic carbocycles. The number of likely N-dealkylation sites (N-methyl/N-ethyl adjacent to an activating group) is 1. The molecule has 3 aromatic carbocycles. The van der Waals surface area contributed by atoms with Crippen molar-refractivity contribution < 1.29 is 4.79 Å². The molecule has 33 heavy (non-hydrogen) atoms. The highest BCUT2D eigenvalue weighted by Gasteiger charge is 2.18. The van der Waals surface area contributed by atoms with Gasteiger partial charge in [-0.2, -0.15) is 4.68 Å². The van der Waals surface area contributed by atoms with Crippen LogP contribution in [-0.2, 0) is 5.75 Å². The largest absolute Gasteiger partial charge is 0.350 e. The monoisotopic (exact) mass is 458 g/mol. The number of carbonyl (C=O) groups is 1. The molecule has 0 aliphatic rings. The number of carbonyl (C=O) groups excluding carboxylic acids is 1. The molecule has 7 nitrogen and oxygen atoms in total. The van der Waals surface area contributed by atoms with E-state index in [0.29, 0.717) is 17.9 Å². The Labute approximate surface area is 197 Å². The van der Waals surface area contributed by atoms with Gasteiger partial charge >= 0.3 is 0 Å². The molecule has 0 saturated carbocycles. The fourth-order valence-corrected chi connectivity index (χ4v) is 4.50. The molecule has 0 saturated heterocycles. The molecule has 0 aliphatic heterocycles. The number of hydrogen-bond acceptors (Lipinski definition) is 6.